The summed E-state index contributed by atoms with van der Waals surface area (Å²) in [4.78, 5) is 25.6. The summed E-state index contributed by atoms with van der Waals surface area (Å²) in [6, 6.07) is 6.94. The maximum Gasteiger partial charge on any atom is 0.241 e. The molecule has 0 aliphatic carbocycles. The van der Waals surface area contributed by atoms with E-state index in [4.69, 9.17) is 0 Å². The summed E-state index contributed by atoms with van der Waals surface area (Å²) in [5, 5.41) is 2.88. The van der Waals surface area contributed by atoms with Gasteiger partial charge in [-0.15, -0.1) is 0 Å². The molecule has 1 aliphatic heterocycles. The molecule has 0 saturated carbocycles. The van der Waals surface area contributed by atoms with Gasteiger partial charge in [0.15, 0.2) is 5.78 Å². The highest BCUT2D eigenvalue weighted by atomic mass is 16.2. The summed E-state index contributed by atoms with van der Waals surface area (Å²) in [5.41, 5.74) is 1.30. The minimum atomic E-state index is -0.122. The van der Waals surface area contributed by atoms with Crippen molar-refractivity contribution in [3.05, 3.63) is 29.8 Å². The van der Waals surface area contributed by atoms with Gasteiger partial charge in [0.1, 0.15) is 0 Å². The molecule has 0 aromatic heterocycles. The topological polar surface area (TPSA) is 49.4 Å². The Labute approximate surface area is 113 Å². The fourth-order valence-corrected chi connectivity index (χ4v) is 2.36. The zero-order valence-electron chi connectivity index (χ0n) is 11.5. The van der Waals surface area contributed by atoms with Gasteiger partial charge in [0.25, 0.3) is 0 Å². The van der Waals surface area contributed by atoms with Crippen molar-refractivity contribution >= 4 is 17.4 Å². The lowest BCUT2D eigenvalue weighted by Gasteiger charge is -2.22. The Bertz CT molecular complexity index is 479. The van der Waals surface area contributed by atoms with Crippen LogP contribution in [-0.2, 0) is 4.79 Å². The zero-order chi connectivity index (χ0) is 13.8. The minimum Gasteiger partial charge on any atom is -0.325 e. The molecule has 0 spiro atoms. The predicted octanol–water partition coefficient (Wildman–Crippen LogP) is 2.31. The van der Waals surface area contributed by atoms with Gasteiger partial charge in [0.2, 0.25) is 5.91 Å². The quantitative estimate of drug-likeness (QED) is 0.845. The molecule has 1 aromatic carbocycles. The molecule has 1 amide bonds. The number of nitrogens with one attached hydrogen (secondary N) is 1. The van der Waals surface area contributed by atoms with Crippen LogP contribution in [0.4, 0.5) is 5.69 Å². The molecule has 0 radical (unpaired) electrons. The van der Waals surface area contributed by atoms with Crippen molar-refractivity contribution in [2.24, 2.45) is 0 Å². The molecule has 1 aromatic rings. The third-order valence-electron chi connectivity index (χ3n) is 3.60. The van der Waals surface area contributed by atoms with Crippen molar-refractivity contribution in [1.29, 1.82) is 0 Å². The molecule has 0 unspecified atom stereocenters. The summed E-state index contributed by atoms with van der Waals surface area (Å²) in [5.74, 6) is -0.00806. The number of rotatable bonds is 4. The van der Waals surface area contributed by atoms with E-state index < -0.39 is 0 Å². The first-order valence-corrected chi connectivity index (χ1v) is 6.74. The van der Waals surface area contributed by atoms with Gasteiger partial charge in [-0.3, -0.25) is 14.5 Å². The molecule has 19 heavy (non-hydrogen) atoms. The average molecular weight is 260 g/mol. The summed E-state index contributed by atoms with van der Waals surface area (Å²) >= 11 is 0. The molecular weight excluding hydrogens is 240 g/mol. The lowest BCUT2D eigenvalue weighted by atomic mass is 10.1. The molecule has 0 bridgehead atoms. The second kappa shape index (κ2) is 5.97. The lowest BCUT2D eigenvalue weighted by Crippen LogP contribution is -2.40. The molecule has 102 valence electrons. The number of benzene rings is 1. The third-order valence-corrected chi connectivity index (χ3v) is 3.60. The first-order valence-electron chi connectivity index (χ1n) is 6.74. The van der Waals surface area contributed by atoms with Gasteiger partial charge in [-0.05, 0) is 51.9 Å². The van der Waals surface area contributed by atoms with Crippen LogP contribution in [0.5, 0.6) is 0 Å². The zero-order valence-corrected chi connectivity index (χ0v) is 11.5. The SMILES string of the molecule is CC(=O)c1cccc(NC(=O)[C@@H](C)N2CCCC2)c1. The van der Waals surface area contributed by atoms with E-state index in [1.54, 1.807) is 24.3 Å². The number of nitrogens with zero attached hydrogens (tertiary/aromatic N) is 1. The molecule has 1 atom stereocenters. The molecule has 1 saturated heterocycles. The Balaban J connectivity index is 2.01. The Morgan fingerprint density at radius 3 is 2.58 bits per heavy atom. The van der Waals surface area contributed by atoms with Gasteiger partial charge < -0.3 is 5.32 Å². The van der Waals surface area contributed by atoms with Crippen LogP contribution in [0.2, 0.25) is 0 Å². The van der Waals surface area contributed by atoms with E-state index in [1.165, 1.54) is 6.92 Å². The number of carbonyl (C=O) groups is 2. The molecule has 4 nitrogen and oxygen atoms in total. The third kappa shape index (κ3) is 3.41. The van der Waals surface area contributed by atoms with E-state index in [-0.39, 0.29) is 17.7 Å². The molecule has 1 fully saturated rings. The highest BCUT2D eigenvalue weighted by Crippen LogP contribution is 2.15. The van der Waals surface area contributed by atoms with Crippen molar-refractivity contribution in [2.75, 3.05) is 18.4 Å². The van der Waals surface area contributed by atoms with Crippen LogP contribution in [0.1, 0.15) is 37.0 Å². The molecular formula is C15H20N2O2. The van der Waals surface area contributed by atoms with Crippen LogP contribution < -0.4 is 5.32 Å². The Hall–Kier alpha value is -1.68. The second-order valence-corrected chi connectivity index (χ2v) is 5.05. The number of anilines is 1. The first kappa shape index (κ1) is 13.7. The van der Waals surface area contributed by atoms with E-state index in [2.05, 4.69) is 10.2 Å². The maximum absolute atomic E-state index is 12.1. The highest BCUT2D eigenvalue weighted by molar-refractivity contribution is 5.98. The molecule has 1 aliphatic rings. The van der Waals surface area contributed by atoms with Crippen LogP contribution in [0, 0.1) is 0 Å². The fraction of sp³-hybridized carbons (Fsp3) is 0.467. The number of carbonyl (C=O) groups excluding carboxylic acids is 2. The standard InChI is InChI=1S/C15H20N2O2/c1-11(17-8-3-4-9-17)15(19)16-14-7-5-6-13(10-14)12(2)18/h5-7,10-11H,3-4,8-9H2,1-2H3,(H,16,19)/t11-/m1/s1. The monoisotopic (exact) mass is 260 g/mol. The van der Waals surface area contributed by atoms with Gasteiger partial charge in [-0.1, -0.05) is 12.1 Å². The maximum atomic E-state index is 12.1. The molecule has 1 heterocycles. The van der Waals surface area contributed by atoms with Gasteiger partial charge in [-0.2, -0.15) is 0 Å². The fourth-order valence-electron chi connectivity index (χ4n) is 2.36. The van der Waals surface area contributed by atoms with E-state index in [1.807, 2.05) is 6.92 Å². The van der Waals surface area contributed by atoms with Crippen molar-refractivity contribution in [3.8, 4) is 0 Å². The predicted molar refractivity (Wildman–Crippen MR) is 75.3 cm³/mol. The van der Waals surface area contributed by atoms with Crippen molar-refractivity contribution < 1.29 is 9.59 Å². The van der Waals surface area contributed by atoms with Gasteiger partial charge in [-0.25, -0.2) is 0 Å². The van der Waals surface area contributed by atoms with Crippen LogP contribution in [0.15, 0.2) is 24.3 Å². The smallest absolute Gasteiger partial charge is 0.241 e. The number of hydrogen-bond donors (Lipinski definition) is 1. The second-order valence-electron chi connectivity index (χ2n) is 5.05. The van der Waals surface area contributed by atoms with Crippen LogP contribution in [-0.4, -0.2) is 35.7 Å². The summed E-state index contributed by atoms with van der Waals surface area (Å²) in [6.45, 7) is 5.42. The Kier molecular flexibility index (Phi) is 4.32. The van der Waals surface area contributed by atoms with Crippen LogP contribution in [0.3, 0.4) is 0 Å². The Morgan fingerprint density at radius 1 is 1.26 bits per heavy atom. The van der Waals surface area contributed by atoms with Crippen LogP contribution >= 0.6 is 0 Å². The summed E-state index contributed by atoms with van der Waals surface area (Å²) < 4.78 is 0. The van der Waals surface area contributed by atoms with Gasteiger partial charge in [0, 0.05) is 11.3 Å². The van der Waals surface area contributed by atoms with E-state index in [0.29, 0.717) is 11.3 Å². The highest BCUT2D eigenvalue weighted by Gasteiger charge is 2.23. The van der Waals surface area contributed by atoms with E-state index in [0.717, 1.165) is 25.9 Å². The average Bonchev–Trinajstić information content (AvgIpc) is 2.92. The Morgan fingerprint density at radius 2 is 1.95 bits per heavy atom. The van der Waals surface area contributed by atoms with Crippen molar-refractivity contribution in [1.82, 2.24) is 4.90 Å². The molecule has 4 heteroatoms. The molecule has 1 N–H and O–H groups in total. The number of hydrogen-bond acceptors (Lipinski definition) is 3. The number of likely N-dealkylation sites (tertiary alicyclic amines) is 1. The largest absolute Gasteiger partial charge is 0.325 e. The normalized spacial score (nSPS) is 17.2. The van der Waals surface area contributed by atoms with Gasteiger partial charge in [0.05, 0.1) is 6.04 Å². The van der Waals surface area contributed by atoms with E-state index >= 15 is 0 Å². The summed E-state index contributed by atoms with van der Waals surface area (Å²) in [7, 11) is 0. The minimum absolute atomic E-state index is 0.00342. The lowest BCUT2D eigenvalue weighted by molar-refractivity contribution is -0.120. The number of amides is 1. The van der Waals surface area contributed by atoms with Gasteiger partial charge >= 0.3 is 0 Å². The van der Waals surface area contributed by atoms with E-state index in [9.17, 15) is 9.59 Å². The molecule has 2 rings (SSSR count). The summed E-state index contributed by atoms with van der Waals surface area (Å²) in [6.07, 6.45) is 2.33. The van der Waals surface area contributed by atoms with Crippen molar-refractivity contribution in [2.45, 2.75) is 32.7 Å². The number of ketones is 1. The van der Waals surface area contributed by atoms with Crippen LogP contribution in [0.25, 0.3) is 0 Å². The first-order chi connectivity index (χ1) is 9.08. The van der Waals surface area contributed by atoms with Crippen molar-refractivity contribution in [3.63, 3.8) is 0 Å². The number of Topliss-reactive ketones (excluding diaryl/α,β-unsaturated/α-hetero) is 1.